The van der Waals surface area contributed by atoms with Crippen LogP contribution in [0.4, 0.5) is 0 Å². The van der Waals surface area contributed by atoms with Crippen molar-refractivity contribution in [2.75, 3.05) is 20.1 Å². The highest BCUT2D eigenvalue weighted by Crippen LogP contribution is 2.17. The van der Waals surface area contributed by atoms with Crippen molar-refractivity contribution < 1.29 is 4.79 Å². The van der Waals surface area contributed by atoms with E-state index in [9.17, 15) is 4.79 Å². The number of aromatic nitrogens is 2. The van der Waals surface area contributed by atoms with Gasteiger partial charge in [0.1, 0.15) is 0 Å². The van der Waals surface area contributed by atoms with Crippen molar-refractivity contribution >= 4 is 18.3 Å². The molecule has 2 rings (SSSR count). The molecule has 0 fully saturated rings. The van der Waals surface area contributed by atoms with Crippen LogP contribution in [-0.2, 0) is 13.0 Å². The highest BCUT2D eigenvalue weighted by atomic mass is 35.5. The Morgan fingerprint density at radius 1 is 1.53 bits per heavy atom. The quantitative estimate of drug-likeness (QED) is 0.884. The molecule has 5 nitrogen and oxygen atoms in total. The fraction of sp³-hybridized carbons (Fsp3) is 0.692. The lowest BCUT2D eigenvalue weighted by molar-refractivity contribution is 0.0767. The molecule has 1 aromatic rings. The number of fused-ring (bicyclic) bond motifs is 1. The summed E-state index contributed by atoms with van der Waals surface area (Å²) in [6.45, 7) is 6.77. The molecule has 19 heavy (non-hydrogen) atoms. The van der Waals surface area contributed by atoms with Gasteiger partial charge in [0.15, 0.2) is 5.69 Å². The number of amides is 1. The second kappa shape index (κ2) is 6.91. The average Bonchev–Trinajstić information content (AvgIpc) is 2.81. The van der Waals surface area contributed by atoms with Crippen molar-refractivity contribution in [2.45, 2.75) is 33.2 Å². The Balaban J connectivity index is 0.00000180. The van der Waals surface area contributed by atoms with Gasteiger partial charge < -0.3 is 10.2 Å². The zero-order valence-corrected chi connectivity index (χ0v) is 12.6. The number of aromatic amines is 1. The summed E-state index contributed by atoms with van der Waals surface area (Å²) < 4.78 is 0. The highest BCUT2D eigenvalue weighted by molar-refractivity contribution is 5.93. The van der Waals surface area contributed by atoms with Crippen molar-refractivity contribution in [3.05, 3.63) is 17.0 Å². The van der Waals surface area contributed by atoms with Crippen molar-refractivity contribution in [3.63, 3.8) is 0 Å². The summed E-state index contributed by atoms with van der Waals surface area (Å²) in [6, 6.07) is 0. The minimum absolute atomic E-state index is 0. The fourth-order valence-electron chi connectivity index (χ4n) is 2.26. The molecule has 0 saturated heterocycles. The van der Waals surface area contributed by atoms with Crippen LogP contribution in [0.2, 0.25) is 0 Å². The molecule has 2 N–H and O–H groups in total. The van der Waals surface area contributed by atoms with E-state index in [0.717, 1.165) is 43.7 Å². The lowest BCUT2D eigenvalue weighted by atomic mass is 10.1. The molecule has 108 valence electrons. The van der Waals surface area contributed by atoms with Crippen LogP contribution >= 0.6 is 12.4 Å². The first-order chi connectivity index (χ1) is 8.63. The Kier molecular flexibility index (Phi) is 5.82. The molecule has 0 saturated carbocycles. The molecule has 1 atom stereocenters. The van der Waals surface area contributed by atoms with E-state index in [1.807, 2.05) is 7.05 Å². The Morgan fingerprint density at radius 2 is 2.26 bits per heavy atom. The smallest absolute Gasteiger partial charge is 0.274 e. The molecule has 1 aliphatic rings. The van der Waals surface area contributed by atoms with Crippen LogP contribution in [-0.4, -0.2) is 41.1 Å². The van der Waals surface area contributed by atoms with E-state index >= 15 is 0 Å². The molecule has 0 aliphatic carbocycles. The normalized spacial score (nSPS) is 15.3. The van der Waals surface area contributed by atoms with Gasteiger partial charge in [0.25, 0.3) is 5.91 Å². The van der Waals surface area contributed by atoms with E-state index < -0.39 is 0 Å². The Morgan fingerprint density at radius 3 is 2.95 bits per heavy atom. The van der Waals surface area contributed by atoms with E-state index in [0.29, 0.717) is 11.6 Å². The van der Waals surface area contributed by atoms with Crippen LogP contribution in [0.15, 0.2) is 0 Å². The van der Waals surface area contributed by atoms with E-state index in [2.05, 4.69) is 29.4 Å². The van der Waals surface area contributed by atoms with E-state index in [4.69, 9.17) is 0 Å². The summed E-state index contributed by atoms with van der Waals surface area (Å²) in [6.07, 6.45) is 2.00. The second-order valence-electron chi connectivity index (χ2n) is 5.16. The maximum atomic E-state index is 12.3. The number of H-pyrrole nitrogens is 1. The number of hydrogen-bond acceptors (Lipinski definition) is 3. The van der Waals surface area contributed by atoms with Gasteiger partial charge in [-0.1, -0.05) is 20.3 Å². The summed E-state index contributed by atoms with van der Waals surface area (Å²) in [4.78, 5) is 14.1. The van der Waals surface area contributed by atoms with E-state index in [1.165, 1.54) is 0 Å². The summed E-state index contributed by atoms with van der Waals surface area (Å²) in [5.41, 5.74) is 2.74. The molecule has 1 aliphatic heterocycles. The molecular formula is C13H23ClN4O. The maximum absolute atomic E-state index is 12.3. The predicted octanol–water partition coefficient (Wildman–Crippen LogP) is 1.60. The first kappa shape index (κ1) is 16.0. The third-order valence-electron chi connectivity index (χ3n) is 3.64. The second-order valence-corrected chi connectivity index (χ2v) is 5.16. The van der Waals surface area contributed by atoms with Crippen LogP contribution in [0.5, 0.6) is 0 Å². The minimum atomic E-state index is 0. The zero-order chi connectivity index (χ0) is 13.1. The number of hydrogen-bond donors (Lipinski definition) is 2. The van der Waals surface area contributed by atoms with Crippen LogP contribution in [0.25, 0.3) is 0 Å². The van der Waals surface area contributed by atoms with Gasteiger partial charge in [-0.05, 0) is 5.92 Å². The standard InChI is InChI=1S/C13H22N4O.ClH/c1-4-9(2)8-17(3)13(18)12-10-7-14-6-5-11(10)15-16-12;/h9,14H,4-8H2,1-3H3,(H,15,16);1H. The molecule has 0 spiro atoms. The number of nitrogens with one attached hydrogen (secondary N) is 2. The van der Waals surface area contributed by atoms with Crippen LogP contribution in [0, 0.1) is 5.92 Å². The molecular weight excluding hydrogens is 264 g/mol. The molecule has 1 amide bonds. The minimum Gasteiger partial charge on any atom is -0.340 e. The Bertz CT molecular complexity index is 432. The molecule has 1 unspecified atom stereocenters. The van der Waals surface area contributed by atoms with Gasteiger partial charge in [0, 0.05) is 44.4 Å². The third kappa shape index (κ3) is 3.48. The first-order valence-electron chi connectivity index (χ1n) is 6.65. The largest absolute Gasteiger partial charge is 0.340 e. The molecule has 2 heterocycles. The van der Waals surface area contributed by atoms with E-state index in [1.54, 1.807) is 4.90 Å². The highest BCUT2D eigenvalue weighted by Gasteiger charge is 2.24. The van der Waals surface area contributed by atoms with Crippen molar-refractivity contribution in [2.24, 2.45) is 5.92 Å². The van der Waals surface area contributed by atoms with Gasteiger partial charge in [-0.25, -0.2) is 0 Å². The van der Waals surface area contributed by atoms with Crippen molar-refractivity contribution in [1.29, 1.82) is 0 Å². The first-order valence-corrected chi connectivity index (χ1v) is 6.65. The Labute approximate surface area is 120 Å². The van der Waals surface area contributed by atoms with Crippen LogP contribution < -0.4 is 5.32 Å². The summed E-state index contributed by atoms with van der Waals surface area (Å²) in [5, 5.41) is 10.5. The van der Waals surface area contributed by atoms with Gasteiger partial charge >= 0.3 is 0 Å². The topological polar surface area (TPSA) is 61.0 Å². The number of rotatable bonds is 4. The number of carbonyl (C=O) groups is 1. The predicted molar refractivity (Wildman–Crippen MR) is 77.7 cm³/mol. The summed E-state index contributed by atoms with van der Waals surface area (Å²) >= 11 is 0. The van der Waals surface area contributed by atoms with Gasteiger partial charge in [-0.15, -0.1) is 12.4 Å². The van der Waals surface area contributed by atoms with Crippen LogP contribution in [0.1, 0.15) is 42.0 Å². The number of nitrogens with zero attached hydrogens (tertiary/aromatic N) is 2. The fourth-order valence-corrected chi connectivity index (χ4v) is 2.26. The average molecular weight is 287 g/mol. The van der Waals surface area contributed by atoms with Gasteiger partial charge in [0.05, 0.1) is 0 Å². The van der Waals surface area contributed by atoms with Gasteiger partial charge in [0.2, 0.25) is 0 Å². The lowest BCUT2D eigenvalue weighted by Gasteiger charge is -2.21. The van der Waals surface area contributed by atoms with Crippen molar-refractivity contribution in [3.8, 4) is 0 Å². The summed E-state index contributed by atoms with van der Waals surface area (Å²) in [5.74, 6) is 0.545. The molecule has 0 radical (unpaired) electrons. The molecule has 0 aromatic carbocycles. The van der Waals surface area contributed by atoms with Crippen LogP contribution in [0.3, 0.4) is 0 Å². The Hall–Kier alpha value is -1.07. The van der Waals surface area contributed by atoms with Crippen molar-refractivity contribution in [1.82, 2.24) is 20.4 Å². The maximum Gasteiger partial charge on any atom is 0.274 e. The van der Waals surface area contributed by atoms with Gasteiger partial charge in [-0.2, -0.15) is 5.10 Å². The monoisotopic (exact) mass is 286 g/mol. The molecule has 6 heteroatoms. The van der Waals surface area contributed by atoms with E-state index in [-0.39, 0.29) is 18.3 Å². The van der Waals surface area contributed by atoms with Gasteiger partial charge in [-0.3, -0.25) is 9.89 Å². The number of carbonyl (C=O) groups excluding carboxylic acids is 1. The molecule has 1 aromatic heterocycles. The SMILES string of the molecule is CCC(C)CN(C)C(=O)c1n[nH]c2c1CNCC2.Cl. The molecule has 0 bridgehead atoms. The summed E-state index contributed by atoms with van der Waals surface area (Å²) in [7, 11) is 1.85. The third-order valence-corrected chi connectivity index (χ3v) is 3.64. The lowest BCUT2D eigenvalue weighted by Crippen LogP contribution is -2.33. The zero-order valence-electron chi connectivity index (χ0n) is 11.8. The number of halogens is 1.